The predicted octanol–water partition coefficient (Wildman–Crippen LogP) is 3.68. The van der Waals surface area contributed by atoms with Crippen molar-refractivity contribution in [3.05, 3.63) is 65.2 Å². The maximum atomic E-state index is 13.1. The third-order valence-electron chi connectivity index (χ3n) is 5.30. The van der Waals surface area contributed by atoms with Crippen molar-refractivity contribution in [2.24, 2.45) is 0 Å². The van der Waals surface area contributed by atoms with Crippen LogP contribution in [0.4, 0.5) is 0 Å². The maximum Gasteiger partial charge on any atom is 0.242 e. The summed E-state index contributed by atoms with van der Waals surface area (Å²) in [6, 6.07) is 14.6. The van der Waals surface area contributed by atoms with Gasteiger partial charge in [-0.05, 0) is 49.6 Å². The van der Waals surface area contributed by atoms with E-state index in [0.29, 0.717) is 18.0 Å². The Hall–Kier alpha value is -2.42. The standard InChI is InChI=1S/C24H32ClN3O4S/c1-4-16-26-24(30)19(2)28(18-20-12-14-21(25)15-13-20)23(29)11-8-17-27(3)33(31,32)22-9-6-5-7-10-22/h5-7,9-10,12-15,19H,4,8,11,16-18H2,1-3H3,(H,26,30)/t19-/m0/s1. The van der Waals surface area contributed by atoms with Gasteiger partial charge in [-0.25, -0.2) is 12.7 Å². The van der Waals surface area contributed by atoms with E-state index in [1.165, 1.54) is 16.3 Å². The van der Waals surface area contributed by atoms with Gasteiger partial charge in [0, 0.05) is 38.1 Å². The Labute approximate surface area is 201 Å². The Kier molecular flexibility index (Phi) is 10.3. The second-order valence-corrected chi connectivity index (χ2v) is 10.3. The molecule has 1 N–H and O–H groups in total. The number of hydrogen-bond donors (Lipinski definition) is 1. The summed E-state index contributed by atoms with van der Waals surface area (Å²) in [4.78, 5) is 27.4. The molecule has 180 valence electrons. The van der Waals surface area contributed by atoms with Crippen LogP contribution in [0.3, 0.4) is 0 Å². The van der Waals surface area contributed by atoms with E-state index in [0.717, 1.165) is 12.0 Å². The van der Waals surface area contributed by atoms with E-state index >= 15 is 0 Å². The van der Waals surface area contributed by atoms with Crippen LogP contribution in [0.25, 0.3) is 0 Å². The summed E-state index contributed by atoms with van der Waals surface area (Å²) in [5.74, 6) is -0.433. The van der Waals surface area contributed by atoms with Gasteiger partial charge in [-0.2, -0.15) is 0 Å². The number of nitrogens with zero attached hydrogens (tertiary/aromatic N) is 2. The van der Waals surface area contributed by atoms with E-state index < -0.39 is 16.1 Å². The van der Waals surface area contributed by atoms with Gasteiger partial charge in [0.05, 0.1) is 4.90 Å². The first-order chi connectivity index (χ1) is 15.7. The average molecular weight is 494 g/mol. The van der Waals surface area contributed by atoms with Gasteiger partial charge >= 0.3 is 0 Å². The van der Waals surface area contributed by atoms with Gasteiger partial charge in [0.25, 0.3) is 0 Å². The molecule has 0 radical (unpaired) electrons. The molecule has 0 fully saturated rings. The summed E-state index contributed by atoms with van der Waals surface area (Å²) in [5, 5.41) is 3.42. The van der Waals surface area contributed by atoms with E-state index in [9.17, 15) is 18.0 Å². The van der Waals surface area contributed by atoms with Crippen LogP contribution in [0, 0.1) is 0 Å². The number of sulfonamides is 1. The van der Waals surface area contributed by atoms with Crippen LogP contribution in [-0.2, 0) is 26.2 Å². The fourth-order valence-corrected chi connectivity index (χ4v) is 4.61. The topological polar surface area (TPSA) is 86.8 Å². The highest BCUT2D eigenvalue weighted by Crippen LogP contribution is 2.17. The summed E-state index contributed by atoms with van der Waals surface area (Å²) in [5.41, 5.74) is 0.853. The van der Waals surface area contributed by atoms with Crippen molar-refractivity contribution >= 4 is 33.4 Å². The summed E-state index contributed by atoms with van der Waals surface area (Å²) >= 11 is 5.96. The minimum Gasteiger partial charge on any atom is -0.354 e. The van der Waals surface area contributed by atoms with Gasteiger partial charge in [-0.1, -0.05) is 48.9 Å². The molecule has 0 saturated heterocycles. The Bertz CT molecular complexity index is 1010. The van der Waals surface area contributed by atoms with Crippen LogP contribution in [0.1, 0.15) is 38.7 Å². The van der Waals surface area contributed by atoms with Crippen molar-refractivity contribution in [1.29, 1.82) is 0 Å². The van der Waals surface area contributed by atoms with Gasteiger partial charge in [-0.3, -0.25) is 9.59 Å². The van der Waals surface area contributed by atoms with Crippen LogP contribution in [0.2, 0.25) is 5.02 Å². The Morgan fingerprint density at radius 3 is 2.30 bits per heavy atom. The lowest BCUT2D eigenvalue weighted by atomic mass is 10.1. The first-order valence-electron chi connectivity index (χ1n) is 11.0. The van der Waals surface area contributed by atoms with E-state index in [1.54, 1.807) is 49.4 Å². The van der Waals surface area contributed by atoms with Crippen LogP contribution >= 0.6 is 11.6 Å². The van der Waals surface area contributed by atoms with Gasteiger partial charge in [0.2, 0.25) is 21.8 Å². The van der Waals surface area contributed by atoms with E-state index in [1.807, 2.05) is 19.1 Å². The molecule has 2 amide bonds. The third-order valence-corrected chi connectivity index (χ3v) is 7.42. The molecule has 0 heterocycles. The first-order valence-corrected chi connectivity index (χ1v) is 12.8. The largest absolute Gasteiger partial charge is 0.354 e. The molecule has 0 aliphatic carbocycles. The van der Waals surface area contributed by atoms with Crippen molar-refractivity contribution in [1.82, 2.24) is 14.5 Å². The normalized spacial score (nSPS) is 12.4. The molecule has 0 spiro atoms. The summed E-state index contributed by atoms with van der Waals surface area (Å²) in [6.07, 6.45) is 1.25. The van der Waals surface area contributed by atoms with Crippen LogP contribution in [0.15, 0.2) is 59.5 Å². The number of carbonyl (C=O) groups is 2. The average Bonchev–Trinajstić information content (AvgIpc) is 2.82. The maximum absolute atomic E-state index is 13.1. The molecule has 0 aliphatic heterocycles. The zero-order chi connectivity index (χ0) is 24.4. The SMILES string of the molecule is CCCNC(=O)[C@H](C)N(Cc1ccc(Cl)cc1)C(=O)CCCN(C)S(=O)(=O)c1ccccc1. The summed E-state index contributed by atoms with van der Waals surface area (Å²) in [6.45, 7) is 4.64. The van der Waals surface area contributed by atoms with Crippen LogP contribution in [0.5, 0.6) is 0 Å². The number of amides is 2. The molecule has 0 bridgehead atoms. The second-order valence-electron chi connectivity index (χ2n) is 7.86. The minimum absolute atomic E-state index is 0.119. The quantitative estimate of drug-likeness (QED) is 0.488. The monoisotopic (exact) mass is 493 g/mol. The summed E-state index contributed by atoms with van der Waals surface area (Å²) in [7, 11) is -2.12. The molecule has 2 rings (SSSR count). The predicted molar refractivity (Wildman–Crippen MR) is 130 cm³/mol. The number of benzene rings is 2. The number of nitrogens with one attached hydrogen (secondary N) is 1. The fourth-order valence-electron chi connectivity index (χ4n) is 3.25. The van der Waals surface area contributed by atoms with Crippen LogP contribution in [-0.4, -0.2) is 55.6 Å². The zero-order valence-corrected chi connectivity index (χ0v) is 20.9. The molecule has 7 nitrogen and oxygen atoms in total. The fraction of sp³-hybridized carbons (Fsp3) is 0.417. The van der Waals surface area contributed by atoms with Gasteiger partial charge < -0.3 is 10.2 Å². The number of hydrogen-bond acceptors (Lipinski definition) is 4. The van der Waals surface area contributed by atoms with Crippen molar-refractivity contribution in [3.8, 4) is 0 Å². The van der Waals surface area contributed by atoms with Crippen molar-refractivity contribution in [3.63, 3.8) is 0 Å². The van der Waals surface area contributed by atoms with Crippen molar-refractivity contribution < 1.29 is 18.0 Å². The molecular formula is C24H32ClN3O4S. The highest BCUT2D eigenvalue weighted by atomic mass is 35.5. The minimum atomic E-state index is -3.62. The van der Waals surface area contributed by atoms with Crippen molar-refractivity contribution in [2.45, 2.75) is 50.6 Å². The third kappa shape index (κ3) is 7.84. The first kappa shape index (κ1) is 26.8. The molecule has 2 aromatic rings. The number of carbonyl (C=O) groups excluding carboxylic acids is 2. The highest BCUT2D eigenvalue weighted by molar-refractivity contribution is 7.89. The molecule has 0 aromatic heterocycles. The van der Waals surface area contributed by atoms with E-state index in [4.69, 9.17) is 11.6 Å². The van der Waals surface area contributed by atoms with E-state index in [2.05, 4.69) is 5.32 Å². The smallest absolute Gasteiger partial charge is 0.242 e. The Morgan fingerprint density at radius 2 is 1.70 bits per heavy atom. The number of rotatable bonds is 12. The lowest BCUT2D eigenvalue weighted by molar-refractivity contribution is -0.140. The van der Waals surface area contributed by atoms with Crippen molar-refractivity contribution in [2.75, 3.05) is 20.1 Å². The molecule has 1 atom stereocenters. The van der Waals surface area contributed by atoms with Gasteiger partial charge in [-0.15, -0.1) is 0 Å². The molecule has 33 heavy (non-hydrogen) atoms. The number of halogens is 1. The Balaban J connectivity index is 2.05. The lowest BCUT2D eigenvalue weighted by Crippen LogP contribution is -2.47. The van der Waals surface area contributed by atoms with Gasteiger partial charge in [0.1, 0.15) is 6.04 Å². The van der Waals surface area contributed by atoms with Gasteiger partial charge in [0.15, 0.2) is 0 Å². The Morgan fingerprint density at radius 1 is 1.06 bits per heavy atom. The highest BCUT2D eigenvalue weighted by Gasteiger charge is 2.26. The molecule has 0 unspecified atom stereocenters. The molecule has 0 aliphatic rings. The molecule has 2 aromatic carbocycles. The zero-order valence-electron chi connectivity index (χ0n) is 19.3. The molecule has 0 saturated carbocycles. The van der Waals surface area contributed by atoms with E-state index in [-0.39, 0.29) is 36.2 Å². The molecule has 9 heteroatoms. The summed E-state index contributed by atoms with van der Waals surface area (Å²) < 4.78 is 26.6. The molecular weight excluding hydrogens is 462 g/mol. The lowest BCUT2D eigenvalue weighted by Gasteiger charge is -2.29. The van der Waals surface area contributed by atoms with Crippen LogP contribution < -0.4 is 5.32 Å². The second kappa shape index (κ2) is 12.7.